The first-order chi connectivity index (χ1) is 31.6. The van der Waals surface area contributed by atoms with Crippen LogP contribution in [0.4, 0.5) is 0 Å². The van der Waals surface area contributed by atoms with Crippen molar-refractivity contribution in [2.75, 3.05) is 26.4 Å². The summed E-state index contributed by atoms with van der Waals surface area (Å²) in [5.74, 6) is -0.426. The van der Waals surface area contributed by atoms with Gasteiger partial charge >= 0.3 is 16.4 Å². The second-order valence-electron chi connectivity index (χ2n) is 16.3. The van der Waals surface area contributed by atoms with Gasteiger partial charge in [0.1, 0.15) is 30.5 Å². The first-order valence-electron chi connectivity index (χ1n) is 24.5. The molecule has 1 aliphatic heterocycles. The summed E-state index contributed by atoms with van der Waals surface area (Å²) >= 11 is 0. The maximum atomic E-state index is 12.9. The summed E-state index contributed by atoms with van der Waals surface area (Å²) in [6.45, 7) is 3.75. The van der Waals surface area contributed by atoms with Gasteiger partial charge in [0.05, 0.1) is 19.8 Å². The molecule has 0 bridgehead atoms. The van der Waals surface area contributed by atoms with Gasteiger partial charge in [0.2, 0.25) is 0 Å². The Morgan fingerprint density at radius 3 is 1.55 bits per heavy atom. The standard InChI is InChI=1S/C52H86O12S/c1-3-5-7-9-11-13-15-17-19-20-21-22-23-24-25-26-27-28-30-32-34-36-38-40-42-60-44-46(45-61-52-50(56)51(64-65(57,58)59)49(55)47(43-53)63-52)62-48(54)41-39-37-35-33-31-29-18-16-14-12-10-8-6-4-2/h5,7,10-13,16-19,21-22,24-25,27-28,46-47,49-53,55-56H,3-4,6,8-9,14-15,20,23,26,29-45H2,1-2H3,(H,57,58,59)/b7-5-,12-10-,13-11-,18-16-,19-17-,22-21-,25-24-,28-27-. The normalized spacial score (nSPS) is 20.5. The van der Waals surface area contributed by atoms with E-state index >= 15 is 0 Å². The minimum absolute atomic E-state index is 0.0102. The van der Waals surface area contributed by atoms with Gasteiger partial charge in [0.25, 0.3) is 0 Å². The molecule has 65 heavy (non-hydrogen) atoms. The van der Waals surface area contributed by atoms with Crippen LogP contribution in [0.5, 0.6) is 0 Å². The SMILES string of the molecule is CC/C=C\C/C=C\C/C=C\C/C=C\C/C=C\C/C=C\CCCCCCCOCC(COC1OC(CO)C(O)C(OS(=O)(=O)O)C1O)OC(=O)CCCCCCC/C=C\C/C=C\CCCC. The zero-order valence-electron chi connectivity index (χ0n) is 39.8. The van der Waals surface area contributed by atoms with Crippen LogP contribution in [0.3, 0.4) is 0 Å². The van der Waals surface area contributed by atoms with Gasteiger partial charge in [-0.2, -0.15) is 8.42 Å². The van der Waals surface area contributed by atoms with Crippen molar-refractivity contribution in [3.05, 3.63) is 97.2 Å². The van der Waals surface area contributed by atoms with Crippen LogP contribution in [0.15, 0.2) is 97.2 Å². The van der Waals surface area contributed by atoms with E-state index in [-0.39, 0.29) is 19.6 Å². The van der Waals surface area contributed by atoms with Crippen molar-refractivity contribution in [1.29, 1.82) is 0 Å². The molecular formula is C52H86O12S. The number of esters is 1. The summed E-state index contributed by atoms with van der Waals surface area (Å²) < 4.78 is 59.1. The number of allylic oxidation sites excluding steroid dienone is 16. The predicted molar refractivity (Wildman–Crippen MR) is 261 cm³/mol. The zero-order valence-corrected chi connectivity index (χ0v) is 40.6. The summed E-state index contributed by atoms with van der Waals surface area (Å²) in [5.41, 5.74) is 0. The fourth-order valence-electron chi connectivity index (χ4n) is 6.75. The van der Waals surface area contributed by atoms with E-state index in [4.69, 9.17) is 18.9 Å². The Kier molecular flexibility index (Phi) is 39.1. The lowest BCUT2D eigenvalue weighted by Crippen LogP contribution is -2.60. The molecule has 6 atom stereocenters. The van der Waals surface area contributed by atoms with E-state index in [0.29, 0.717) is 13.0 Å². The van der Waals surface area contributed by atoms with Crippen molar-refractivity contribution >= 4 is 16.4 Å². The van der Waals surface area contributed by atoms with Gasteiger partial charge in [0.15, 0.2) is 6.29 Å². The highest BCUT2D eigenvalue weighted by Gasteiger charge is 2.48. The first-order valence-corrected chi connectivity index (χ1v) is 25.9. The molecule has 13 heteroatoms. The number of unbranched alkanes of at least 4 members (excludes halogenated alkanes) is 12. The minimum Gasteiger partial charge on any atom is -0.457 e. The molecule has 1 aliphatic rings. The Hall–Kier alpha value is -2.98. The quantitative estimate of drug-likeness (QED) is 0.0198. The van der Waals surface area contributed by atoms with Crippen LogP contribution in [0.25, 0.3) is 0 Å². The van der Waals surface area contributed by atoms with Crippen LogP contribution >= 0.6 is 0 Å². The smallest absolute Gasteiger partial charge is 0.397 e. The minimum atomic E-state index is -5.07. The molecule has 0 radical (unpaired) electrons. The van der Waals surface area contributed by atoms with E-state index in [0.717, 1.165) is 122 Å². The maximum Gasteiger partial charge on any atom is 0.397 e. The summed E-state index contributed by atoms with van der Waals surface area (Å²) in [6.07, 6.45) is 48.6. The molecule has 0 amide bonds. The molecule has 0 spiro atoms. The fraction of sp³-hybridized carbons (Fsp3) is 0.673. The number of carbonyl (C=O) groups is 1. The van der Waals surface area contributed by atoms with E-state index < -0.39 is 59.8 Å². The van der Waals surface area contributed by atoms with Crippen molar-refractivity contribution < 1.29 is 56.2 Å². The Labute approximate surface area is 393 Å². The van der Waals surface area contributed by atoms with E-state index in [1.165, 1.54) is 12.8 Å². The molecule has 0 aliphatic carbocycles. The van der Waals surface area contributed by atoms with Gasteiger partial charge in [-0.15, -0.1) is 0 Å². The number of ether oxygens (including phenoxy) is 4. The van der Waals surface area contributed by atoms with Gasteiger partial charge in [-0.3, -0.25) is 9.35 Å². The molecule has 6 unspecified atom stereocenters. The lowest BCUT2D eigenvalue weighted by molar-refractivity contribution is -0.301. The first kappa shape index (κ1) is 60.0. The van der Waals surface area contributed by atoms with Crippen LogP contribution in [0.1, 0.15) is 162 Å². The lowest BCUT2D eigenvalue weighted by atomic mass is 9.99. The summed E-state index contributed by atoms with van der Waals surface area (Å²) in [6, 6.07) is 0. The van der Waals surface area contributed by atoms with Crippen molar-refractivity contribution in [3.63, 3.8) is 0 Å². The molecule has 0 aromatic rings. The highest BCUT2D eigenvalue weighted by Crippen LogP contribution is 2.26. The number of aliphatic hydroxyl groups excluding tert-OH is 3. The fourth-order valence-corrected chi connectivity index (χ4v) is 7.26. The van der Waals surface area contributed by atoms with Crippen molar-refractivity contribution in [1.82, 2.24) is 0 Å². The van der Waals surface area contributed by atoms with Gasteiger partial charge in [0, 0.05) is 13.0 Å². The van der Waals surface area contributed by atoms with Crippen LogP contribution in [0, 0.1) is 0 Å². The van der Waals surface area contributed by atoms with E-state index in [1.807, 2.05) is 0 Å². The van der Waals surface area contributed by atoms with Crippen LogP contribution in [-0.2, 0) is 38.3 Å². The second kappa shape index (κ2) is 42.4. The van der Waals surface area contributed by atoms with Crippen molar-refractivity contribution in [2.45, 2.75) is 198 Å². The third-order valence-electron chi connectivity index (χ3n) is 10.4. The molecule has 12 nitrogen and oxygen atoms in total. The van der Waals surface area contributed by atoms with Crippen LogP contribution in [0.2, 0.25) is 0 Å². The number of rotatable bonds is 41. The molecule has 1 saturated heterocycles. The Bertz CT molecular complexity index is 1500. The molecule has 0 saturated carbocycles. The van der Waals surface area contributed by atoms with E-state index in [2.05, 4.69) is 115 Å². The Morgan fingerprint density at radius 1 is 0.600 bits per heavy atom. The van der Waals surface area contributed by atoms with Gasteiger partial charge < -0.3 is 34.3 Å². The number of aliphatic hydroxyl groups is 3. The lowest BCUT2D eigenvalue weighted by Gasteiger charge is -2.41. The third-order valence-corrected chi connectivity index (χ3v) is 10.9. The summed E-state index contributed by atoms with van der Waals surface area (Å²) in [5, 5.41) is 30.7. The predicted octanol–water partition coefficient (Wildman–Crippen LogP) is 11.0. The number of hydrogen-bond acceptors (Lipinski definition) is 11. The average molecular weight is 935 g/mol. The maximum absolute atomic E-state index is 12.9. The zero-order chi connectivity index (χ0) is 47.5. The molecule has 1 fully saturated rings. The van der Waals surface area contributed by atoms with Crippen molar-refractivity contribution in [3.8, 4) is 0 Å². The molecule has 372 valence electrons. The number of hydrogen-bond donors (Lipinski definition) is 4. The van der Waals surface area contributed by atoms with Crippen LogP contribution in [-0.4, -0.2) is 97.5 Å². The Morgan fingerprint density at radius 2 is 1.06 bits per heavy atom. The molecule has 4 N–H and O–H groups in total. The third kappa shape index (κ3) is 35.8. The average Bonchev–Trinajstić information content (AvgIpc) is 3.28. The summed E-state index contributed by atoms with van der Waals surface area (Å²) in [4.78, 5) is 12.9. The number of carbonyl (C=O) groups excluding carboxylic acids is 1. The van der Waals surface area contributed by atoms with Gasteiger partial charge in [-0.1, -0.05) is 162 Å². The molecular weight excluding hydrogens is 849 g/mol. The van der Waals surface area contributed by atoms with Gasteiger partial charge in [-0.25, -0.2) is 4.18 Å². The van der Waals surface area contributed by atoms with Gasteiger partial charge in [-0.05, 0) is 89.9 Å². The largest absolute Gasteiger partial charge is 0.457 e. The molecule has 1 heterocycles. The molecule has 1 rings (SSSR count). The Balaban J connectivity index is 2.40. The van der Waals surface area contributed by atoms with Crippen molar-refractivity contribution in [2.24, 2.45) is 0 Å². The second-order valence-corrected chi connectivity index (χ2v) is 17.4. The topological polar surface area (TPSA) is 178 Å². The highest BCUT2D eigenvalue weighted by atomic mass is 32.3. The van der Waals surface area contributed by atoms with Crippen LogP contribution < -0.4 is 0 Å². The highest BCUT2D eigenvalue weighted by molar-refractivity contribution is 7.80. The van der Waals surface area contributed by atoms with E-state index in [1.54, 1.807) is 0 Å². The monoisotopic (exact) mass is 935 g/mol. The summed E-state index contributed by atoms with van der Waals surface area (Å²) in [7, 11) is -5.07. The van der Waals surface area contributed by atoms with E-state index in [9.17, 15) is 33.1 Å². The molecule has 0 aromatic heterocycles. The molecule has 0 aromatic carbocycles.